The lowest BCUT2D eigenvalue weighted by Crippen LogP contribution is -2.33. The van der Waals surface area contributed by atoms with Crippen molar-refractivity contribution in [2.75, 3.05) is 0 Å². The fourth-order valence-corrected chi connectivity index (χ4v) is 1.64. The molecule has 1 N–H and O–H groups in total. The minimum absolute atomic E-state index is 0.803. The number of aliphatic carboxylic acids is 1. The van der Waals surface area contributed by atoms with Gasteiger partial charge in [0.05, 0.1) is 0 Å². The van der Waals surface area contributed by atoms with Crippen molar-refractivity contribution >= 4 is 11.9 Å². The van der Waals surface area contributed by atoms with Crippen molar-refractivity contribution in [2.45, 2.75) is 32.0 Å². The van der Waals surface area contributed by atoms with Crippen molar-refractivity contribution in [3.8, 4) is 0 Å². The van der Waals surface area contributed by atoms with Crippen LogP contribution in [-0.4, -0.2) is 35.2 Å². The molecule has 0 spiro atoms. The Morgan fingerprint density at radius 3 is 2.64 bits per heavy atom. The average Bonchev–Trinajstić information content (AvgIpc) is 2.37. The molecular weight excluding hydrogens is 192 g/mol. The van der Waals surface area contributed by atoms with Crippen LogP contribution in [0.4, 0.5) is 0 Å². The highest BCUT2D eigenvalue weighted by Crippen LogP contribution is 2.38. The second-order valence-electron chi connectivity index (χ2n) is 3.72. The van der Waals surface area contributed by atoms with E-state index in [0.717, 1.165) is 0 Å². The first kappa shape index (κ1) is 9.42. The van der Waals surface area contributed by atoms with Gasteiger partial charge in [0, 0.05) is 0 Å². The van der Waals surface area contributed by atoms with E-state index in [9.17, 15) is 9.59 Å². The summed E-state index contributed by atoms with van der Waals surface area (Å²) < 4.78 is 15.2. The normalized spacial score (nSPS) is 39.3. The number of carboxylic acids is 1. The summed E-state index contributed by atoms with van der Waals surface area (Å²) in [5.74, 6) is -4.22. The largest absolute Gasteiger partial charge is 0.481 e. The molecule has 2 aliphatic heterocycles. The molecule has 2 rings (SSSR count). The highest BCUT2D eigenvalue weighted by Gasteiger charge is 2.58. The van der Waals surface area contributed by atoms with Crippen molar-refractivity contribution in [3.63, 3.8) is 0 Å². The summed E-state index contributed by atoms with van der Waals surface area (Å²) in [6, 6.07) is 0. The second kappa shape index (κ2) is 2.68. The van der Waals surface area contributed by atoms with Gasteiger partial charge in [-0.1, -0.05) is 0 Å². The molecule has 0 aromatic rings. The molecule has 0 saturated carbocycles. The van der Waals surface area contributed by atoms with Gasteiger partial charge in [-0.15, -0.1) is 0 Å². The monoisotopic (exact) mass is 202 g/mol. The van der Waals surface area contributed by atoms with Crippen LogP contribution in [0.2, 0.25) is 0 Å². The lowest BCUT2D eigenvalue weighted by atomic mass is 10.1. The van der Waals surface area contributed by atoms with E-state index in [4.69, 9.17) is 19.3 Å². The number of carboxylic acid groups (broad SMARTS) is 1. The van der Waals surface area contributed by atoms with Gasteiger partial charge in [-0.3, -0.25) is 9.59 Å². The Balaban J connectivity index is 2.22. The third kappa shape index (κ3) is 1.27. The van der Waals surface area contributed by atoms with Crippen LogP contribution in [0.1, 0.15) is 13.8 Å². The minimum Gasteiger partial charge on any atom is -0.481 e. The summed E-state index contributed by atoms with van der Waals surface area (Å²) in [5.41, 5.74) is 0. The van der Waals surface area contributed by atoms with E-state index in [0.29, 0.717) is 0 Å². The molecule has 0 amide bonds. The molecule has 0 aliphatic carbocycles. The van der Waals surface area contributed by atoms with Gasteiger partial charge in [-0.2, -0.15) is 0 Å². The van der Waals surface area contributed by atoms with Crippen molar-refractivity contribution in [1.29, 1.82) is 0 Å². The minimum atomic E-state index is -1.28. The molecular formula is C8H10O6. The molecule has 3 atom stereocenters. The lowest BCUT2D eigenvalue weighted by Gasteiger charge is -2.18. The van der Waals surface area contributed by atoms with Gasteiger partial charge in [0.1, 0.15) is 6.10 Å². The lowest BCUT2D eigenvalue weighted by molar-refractivity contribution is -0.202. The molecule has 6 nitrogen and oxygen atoms in total. The standard InChI is InChI=1S/C8H10O6/c1-8(2)13-4-3(5(9)10)6(11)12-7(4)14-8/h3-4,7H,1-2H3,(H,9,10)/t3-,4+,7+/m1/s1. The second-order valence-corrected chi connectivity index (χ2v) is 3.72. The van der Waals surface area contributed by atoms with E-state index in [2.05, 4.69) is 0 Å². The Kier molecular flexibility index (Phi) is 1.80. The van der Waals surface area contributed by atoms with E-state index in [-0.39, 0.29) is 0 Å². The van der Waals surface area contributed by atoms with Crippen LogP contribution in [0, 0.1) is 5.92 Å². The summed E-state index contributed by atoms with van der Waals surface area (Å²) in [5, 5.41) is 8.76. The van der Waals surface area contributed by atoms with Gasteiger partial charge in [0.2, 0.25) is 6.29 Å². The quantitative estimate of drug-likeness (QED) is 0.465. The maximum absolute atomic E-state index is 11.1. The van der Waals surface area contributed by atoms with Crippen LogP contribution < -0.4 is 0 Å². The molecule has 14 heavy (non-hydrogen) atoms. The topological polar surface area (TPSA) is 82.1 Å². The van der Waals surface area contributed by atoms with Gasteiger partial charge in [0.15, 0.2) is 11.7 Å². The van der Waals surface area contributed by atoms with E-state index in [1.807, 2.05) is 0 Å². The molecule has 0 aromatic carbocycles. The Labute approximate surface area is 79.7 Å². The number of ether oxygens (including phenoxy) is 3. The highest BCUT2D eigenvalue weighted by molar-refractivity contribution is 5.96. The molecule has 0 bridgehead atoms. The first-order chi connectivity index (χ1) is 6.41. The summed E-state index contributed by atoms with van der Waals surface area (Å²) in [7, 11) is 0. The molecule has 2 saturated heterocycles. The van der Waals surface area contributed by atoms with Gasteiger partial charge in [-0.05, 0) is 13.8 Å². The summed E-state index contributed by atoms with van der Waals surface area (Å²) in [6.07, 6.45) is -1.73. The first-order valence-electron chi connectivity index (χ1n) is 4.20. The number of carbonyl (C=O) groups is 2. The van der Waals surface area contributed by atoms with Crippen LogP contribution >= 0.6 is 0 Å². The SMILES string of the molecule is CC1(C)O[C@@H]2OC(=O)[C@@H](C(=O)O)[C@@H]2O1. The predicted octanol–water partition coefficient (Wildman–Crippen LogP) is -0.278. The molecule has 78 valence electrons. The fraction of sp³-hybridized carbons (Fsp3) is 0.750. The van der Waals surface area contributed by atoms with Gasteiger partial charge in [0.25, 0.3) is 0 Å². The number of rotatable bonds is 1. The molecule has 2 aliphatic rings. The average molecular weight is 202 g/mol. The summed E-state index contributed by atoms with van der Waals surface area (Å²) >= 11 is 0. The number of carbonyl (C=O) groups excluding carboxylic acids is 1. The van der Waals surface area contributed by atoms with Crippen molar-refractivity contribution < 1.29 is 28.9 Å². The summed E-state index contributed by atoms with van der Waals surface area (Å²) in [4.78, 5) is 21.8. The van der Waals surface area contributed by atoms with Crippen molar-refractivity contribution in [2.24, 2.45) is 5.92 Å². The van der Waals surface area contributed by atoms with Crippen LogP contribution in [0.5, 0.6) is 0 Å². The smallest absolute Gasteiger partial charge is 0.325 e. The first-order valence-corrected chi connectivity index (χ1v) is 4.20. The number of hydrogen-bond acceptors (Lipinski definition) is 5. The van der Waals surface area contributed by atoms with Gasteiger partial charge < -0.3 is 19.3 Å². The zero-order valence-electron chi connectivity index (χ0n) is 7.72. The van der Waals surface area contributed by atoms with E-state index in [1.165, 1.54) is 0 Å². The van der Waals surface area contributed by atoms with E-state index in [1.54, 1.807) is 13.8 Å². The number of esters is 1. The maximum atomic E-state index is 11.1. The maximum Gasteiger partial charge on any atom is 0.325 e. The van der Waals surface area contributed by atoms with Crippen LogP contribution in [0.15, 0.2) is 0 Å². The fourth-order valence-electron chi connectivity index (χ4n) is 1.64. The number of hydrogen-bond donors (Lipinski definition) is 1. The molecule has 0 unspecified atom stereocenters. The molecule has 0 radical (unpaired) electrons. The van der Waals surface area contributed by atoms with Crippen molar-refractivity contribution in [1.82, 2.24) is 0 Å². The van der Waals surface area contributed by atoms with Crippen LogP contribution in [0.25, 0.3) is 0 Å². The van der Waals surface area contributed by atoms with E-state index >= 15 is 0 Å². The Morgan fingerprint density at radius 1 is 1.43 bits per heavy atom. The molecule has 2 fully saturated rings. The van der Waals surface area contributed by atoms with E-state index < -0.39 is 36.0 Å². The highest BCUT2D eigenvalue weighted by atomic mass is 16.8. The van der Waals surface area contributed by atoms with Crippen LogP contribution in [0.3, 0.4) is 0 Å². The molecule has 0 aromatic heterocycles. The van der Waals surface area contributed by atoms with Crippen molar-refractivity contribution in [3.05, 3.63) is 0 Å². The Hall–Kier alpha value is -1.14. The summed E-state index contributed by atoms with van der Waals surface area (Å²) in [6.45, 7) is 3.27. The Morgan fingerprint density at radius 2 is 2.07 bits per heavy atom. The van der Waals surface area contributed by atoms with Gasteiger partial charge in [-0.25, -0.2) is 0 Å². The molecule has 6 heteroatoms. The van der Waals surface area contributed by atoms with Gasteiger partial charge >= 0.3 is 11.9 Å². The third-order valence-corrected chi connectivity index (χ3v) is 2.17. The number of fused-ring (bicyclic) bond motifs is 1. The predicted molar refractivity (Wildman–Crippen MR) is 41.0 cm³/mol. The zero-order chi connectivity index (χ0) is 10.5. The molecule has 2 heterocycles. The Bertz CT molecular complexity index is 296. The van der Waals surface area contributed by atoms with Crippen LogP contribution in [-0.2, 0) is 23.8 Å². The zero-order valence-corrected chi connectivity index (χ0v) is 7.72. The third-order valence-electron chi connectivity index (χ3n) is 2.17.